The number of nitrogens with two attached hydrogens (primary N) is 1. The lowest BCUT2D eigenvalue weighted by Crippen LogP contribution is -2.31. The molecule has 0 aliphatic rings. The van der Waals surface area contributed by atoms with E-state index in [0.717, 1.165) is 16.7 Å². The molecule has 2 heterocycles. The number of amides is 1. The molecule has 1 atom stereocenters. The summed E-state index contributed by atoms with van der Waals surface area (Å²) in [4.78, 5) is 31.4. The van der Waals surface area contributed by atoms with E-state index in [-0.39, 0.29) is 17.9 Å². The molecule has 0 saturated heterocycles. The lowest BCUT2D eigenvalue weighted by molar-refractivity contribution is -0.200. The number of halogens is 4. The summed E-state index contributed by atoms with van der Waals surface area (Å²) in [5, 5.41) is 7.17. The second-order valence-electron chi connectivity index (χ2n) is 10.2. The number of carbonyl (C=O) groups excluding carboxylic acids is 2. The van der Waals surface area contributed by atoms with Crippen LogP contribution in [0.4, 0.5) is 28.9 Å². The molecule has 12 heteroatoms. The van der Waals surface area contributed by atoms with E-state index in [1.54, 1.807) is 48.5 Å². The van der Waals surface area contributed by atoms with Crippen LogP contribution in [0.5, 0.6) is 0 Å². The minimum absolute atomic E-state index is 0.161. The summed E-state index contributed by atoms with van der Waals surface area (Å²) in [7, 11) is 0. The fourth-order valence-corrected chi connectivity index (χ4v) is 5.08. The van der Waals surface area contributed by atoms with Crippen LogP contribution < -0.4 is 16.4 Å². The van der Waals surface area contributed by atoms with E-state index in [4.69, 9.17) is 5.73 Å². The molecule has 232 valence electrons. The number of esters is 1. The molecule has 0 aliphatic heterocycles. The van der Waals surface area contributed by atoms with Crippen LogP contribution in [0.2, 0.25) is 0 Å². The molecular weight excluding hydrogens is 590 g/mol. The number of alkyl halides is 3. The number of primary amides is 1. The molecule has 1 amide bonds. The summed E-state index contributed by atoms with van der Waals surface area (Å²) in [6.45, 7) is 1.65. The summed E-state index contributed by atoms with van der Waals surface area (Å²) in [5.41, 5.74) is 11.2. The van der Waals surface area contributed by atoms with Crippen molar-refractivity contribution >= 4 is 34.3 Å². The third kappa shape index (κ3) is 7.13. The largest absolute Gasteiger partial charge is 0.490 e. The lowest BCUT2D eigenvalue weighted by Gasteiger charge is -2.22. The van der Waals surface area contributed by atoms with Gasteiger partial charge in [0.15, 0.2) is 0 Å². The lowest BCUT2D eigenvalue weighted by atomic mass is 10.0. The van der Waals surface area contributed by atoms with Gasteiger partial charge in [0.1, 0.15) is 18.1 Å². The number of pyridine rings is 1. The fourth-order valence-electron chi connectivity index (χ4n) is 5.08. The number of ether oxygens (including phenoxy) is 1. The Morgan fingerprint density at radius 1 is 1.02 bits per heavy atom. The van der Waals surface area contributed by atoms with E-state index in [0.29, 0.717) is 40.1 Å². The van der Waals surface area contributed by atoms with Crippen molar-refractivity contribution in [1.82, 2.24) is 15.3 Å². The Labute approximate surface area is 255 Å². The number of fused-ring (bicyclic) bond motifs is 1. The number of rotatable bonds is 11. The van der Waals surface area contributed by atoms with Crippen LogP contribution >= 0.6 is 0 Å². The average Bonchev–Trinajstić information content (AvgIpc) is 3.46. The summed E-state index contributed by atoms with van der Waals surface area (Å²) in [6.07, 6.45) is -3.16. The Kier molecular flexibility index (Phi) is 9.14. The number of carbonyl (C=O) groups is 2. The second-order valence-corrected chi connectivity index (χ2v) is 10.2. The van der Waals surface area contributed by atoms with Crippen molar-refractivity contribution in [3.8, 4) is 11.3 Å². The van der Waals surface area contributed by atoms with Gasteiger partial charge in [-0.25, -0.2) is 14.2 Å². The van der Waals surface area contributed by atoms with Gasteiger partial charge in [-0.2, -0.15) is 13.2 Å². The highest BCUT2D eigenvalue weighted by Crippen LogP contribution is 2.34. The third-order valence-electron chi connectivity index (χ3n) is 7.32. The van der Waals surface area contributed by atoms with Gasteiger partial charge < -0.3 is 26.1 Å². The second kappa shape index (κ2) is 13.2. The summed E-state index contributed by atoms with van der Waals surface area (Å²) in [6, 6.07) is 21.3. The van der Waals surface area contributed by atoms with Gasteiger partial charge in [-0.15, -0.1) is 0 Å². The topological polar surface area (TPSA) is 122 Å². The van der Waals surface area contributed by atoms with Gasteiger partial charge in [-0.3, -0.25) is 4.79 Å². The van der Waals surface area contributed by atoms with E-state index in [1.165, 1.54) is 18.3 Å². The maximum atomic E-state index is 13.5. The van der Waals surface area contributed by atoms with Crippen molar-refractivity contribution < 1.29 is 31.9 Å². The molecule has 0 fully saturated rings. The highest BCUT2D eigenvalue weighted by molar-refractivity contribution is 6.08. The number of aromatic amines is 1. The molecule has 5 aromatic rings. The van der Waals surface area contributed by atoms with E-state index in [1.807, 2.05) is 25.1 Å². The van der Waals surface area contributed by atoms with Crippen molar-refractivity contribution in [2.24, 2.45) is 5.73 Å². The van der Waals surface area contributed by atoms with Crippen LogP contribution in [0.1, 0.15) is 40.0 Å². The Balaban J connectivity index is 1.45. The van der Waals surface area contributed by atoms with Gasteiger partial charge in [0.2, 0.25) is 0 Å². The van der Waals surface area contributed by atoms with Crippen molar-refractivity contribution in [2.75, 3.05) is 11.9 Å². The maximum Gasteiger partial charge on any atom is 0.490 e. The van der Waals surface area contributed by atoms with Gasteiger partial charge in [0.25, 0.3) is 5.91 Å². The Morgan fingerprint density at radius 3 is 2.42 bits per heavy atom. The predicted octanol–water partition coefficient (Wildman–Crippen LogP) is 6.71. The van der Waals surface area contributed by atoms with E-state index in [9.17, 15) is 27.2 Å². The molecule has 5 N–H and O–H groups in total. The minimum atomic E-state index is -5.10. The molecule has 45 heavy (non-hydrogen) atoms. The summed E-state index contributed by atoms with van der Waals surface area (Å²) >= 11 is 0. The Morgan fingerprint density at radius 2 is 1.76 bits per heavy atom. The highest BCUT2D eigenvalue weighted by Gasteiger charge is 2.41. The number of nitrogens with one attached hydrogen (secondary N) is 3. The Hall–Kier alpha value is -5.23. The first-order chi connectivity index (χ1) is 21.5. The predicted molar refractivity (Wildman–Crippen MR) is 162 cm³/mol. The molecule has 0 aliphatic carbocycles. The first kappa shape index (κ1) is 31.2. The van der Waals surface area contributed by atoms with E-state index in [2.05, 4.69) is 25.3 Å². The van der Waals surface area contributed by atoms with Crippen molar-refractivity contribution in [3.63, 3.8) is 0 Å². The standard InChI is InChI=1S/C33H29F4N5O3/c1-2-23-21(16-39-28(19-7-4-3-5-8-19)18-45-32(44)33(35,36)37)9-6-10-26(23)41-29-24-15-27(20-11-13-22(34)14-12-20)42-31(24)40-17-25(29)30(38)43/h3-15,17,28,39H,2,16,18H2,1H3,(H2,38,43)(H2,40,41,42). The van der Waals surface area contributed by atoms with Crippen molar-refractivity contribution in [2.45, 2.75) is 32.1 Å². The molecule has 8 nitrogen and oxygen atoms in total. The molecule has 5 rings (SSSR count). The maximum absolute atomic E-state index is 13.5. The average molecular weight is 620 g/mol. The van der Waals surface area contributed by atoms with Gasteiger partial charge >= 0.3 is 12.1 Å². The van der Waals surface area contributed by atoms with Crippen LogP contribution in [0.3, 0.4) is 0 Å². The normalized spacial score (nSPS) is 12.2. The molecule has 2 aromatic heterocycles. The van der Waals surface area contributed by atoms with Crippen LogP contribution in [0, 0.1) is 5.82 Å². The van der Waals surface area contributed by atoms with Gasteiger partial charge in [-0.05, 0) is 65.1 Å². The molecule has 3 aromatic carbocycles. The minimum Gasteiger partial charge on any atom is -0.457 e. The van der Waals surface area contributed by atoms with Crippen LogP contribution in [0.25, 0.3) is 22.3 Å². The number of hydrogen-bond donors (Lipinski definition) is 4. The van der Waals surface area contributed by atoms with Crippen molar-refractivity contribution in [3.05, 3.63) is 113 Å². The quantitative estimate of drug-likeness (QED) is 0.0963. The smallest absolute Gasteiger partial charge is 0.457 e. The summed E-state index contributed by atoms with van der Waals surface area (Å²) in [5.74, 6) is -3.32. The fraction of sp³-hybridized carbons (Fsp3) is 0.182. The Bertz CT molecular complexity index is 1820. The van der Waals surface area contributed by atoms with Gasteiger partial charge in [-0.1, -0.05) is 49.4 Å². The van der Waals surface area contributed by atoms with Crippen LogP contribution in [-0.4, -0.2) is 34.6 Å². The molecule has 0 saturated carbocycles. The summed E-state index contributed by atoms with van der Waals surface area (Å²) < 4.78 is 56.5. The zero-order chi connectivity index (χ0) is 32.1. The molecule has 1 unspecified atom stereocenters. The number of anilines is 2. The van der Waals surface area contributed by atoms with E-state index >= 15 is 0 Å². The van der Waals surface area contributed by atoms with Crippen LogP contribution in [0.15, 0.2) is 85.1 Å². The number of nitrogens with zero attached hydrogens (tertiary/aromatic N) is 1. The first-order valence-corrected chi connectivity index (χ1v) is 14.0. The number of aromatic nitrogens is 2. The number of H-pyrrole nitrogens is 1. The monoisotopic (exact) mass is 619 g/mol. The molecule has 0 radical (unpaired) electrons. The molecular formula is C33H29F4N5O3. The van der Waals surface area contributed by atoms with Crippen LogP contribution in [-0.2, 0) is 22.5 Å². The first-order valence-electron chi connectivity index (χ1n) is 14.0. The number of hydrogen-bond acceptors (Lipinski definition) is 6. The molecule has 0 spiro atoms. The SMILES string of the molecule is CCc1c(CNC(COC(=O)C(F)(F)F)c2ccccc2)cccc1Nc1c(C(N)=O)cnc2[nH]c(-c3ccc(F)cc3)cc12. The zero-order valence-electron chi connectivity index (χ0n) is 24.0. The third-order valence-corrected chi connectivity index (χ3v) is 7.32. The zero-order valence-corrected chi connectivity index (χ0v) is 24.0. The van der Waals surface area contributed by atoms with Crippen molar-refractivity contribution in [1.29, 1.82) is 0 Å². The number of benzene rings is 3. The van der Waals surface area contributed by atoms with Gasteiger partial charge in [0.05, 0.1) is 17.3 Å². The molecule has 0 bridgehead atoms. The van der Waals surface area contributed by atoms with E-state index < -0.39 is 30.7 Å². The van der Waals surface area contributed by atoms with Gasteiger partial charge in [0, 0.05) is 29.5 Å². The highest BCUT2D eigenvalue weighted by atomic mass is 19.4.